The topological polar surface area (TPSA) is 21.3 Å². The number of anilines is 3. The quantitative estimate of drug-likeness (QED) is 0.174. The molecule has 0 bridgehead atoms. The monoisotopic (exact) mass is 680 g/mol. The Balaban J connectivity index is 1.27. The SMILES string of the molecule is Cc1ccccc1N(c1cc(-c2ccccc2-n2c3ccccc3c3ccccc32)c2oc3ccccc3c2c1)c1ccc(-c2ccccc2)cc1C. The summed E-state index contributed by atoms with van der Waals surface area (Å²) in [5.74, 6) is 0. The van der Waals surface area contributed by atoms with Crippen LogP contribution in [-0.4, -0.2) is 4.57 Å². The number of furan rings is 1. The van der Waals surface area contributed by atoms with E-state index in [1.165, 1.54) is 44.1 Å². The van der Waals surface area contributed by atoms with Crippen LogP contribution in [0.3, 0.4) is 0 Å². The van der Waals surface area contributed by atoms with E-state index in [1.54, 1.807) is 0 Å². The fourth-order valence-electron chi connectivity index (χ4n) is 8.16. The van der Waals surface area contributed by atoms with Gasteiger partial charge in [0, 0.05) is 49.7 Å². The highest BCUT2D eigenvalue weighted by Crippen LogP contribution is 2.47. The van der Waals surface area contributed by atoms with Gasteiger partial charge >= 0.3 is 0 Å². The molecule has 2 heterocycles. The second-order valence-corrected chi connectivity index (χ2v) is 13.8. The molecule has 0 radical (unpaired) electrons. The maximum absolute atomic E-state index is 6.82. The van der Waals surface area contributed by atoms with E-state index in [1.807, 2.05) is 0 Å². The van der Waals surface area contributed by atoms with Gasteiger partial charge in [-0.1, -0.05) is 127 Å². The largest absolute Gasteiger partial charge is 0.455 e. The molecule has 0 aliphatic heterocycles. The molecular formula is C50H36N2O. The number of aryl methyl sites for hydroxylation is 2. The van der Waals surface area contributed by atoms with Crippen LogP contribution in [0.4, 0.5) is 17.1 Å². The summed E-state index contributed by atoms with van der Waals surface area (Å²) in [5, 5.41) is 4.66. The summed E-state index contributed by atoms with van der Waals surface area (Å²) < 4.78 is 9.23. The van der Waals surface area contributed by atoms with Gasteiger partial charge in [0.25, 0.3) is 0 Å². The highest BCUT2D eigenvalue weighted by molar-refractivity contribution is 6.14. The van der Waals surface area contributed by atoms with Crippen molar-refractivity contribution < 1.29 is 4.42 Å². The van der Waals surface area contributed by atoms with Gasteiger partial charge < -0.3 is 13.9 Å². The van der Waals surface area contributed by atoms with Gasteiger partial charge in [-0.3, -0.25) is 0 Å². The molecule has 3 nitrogen and oxygen atoms in total. The zero-order valence-corrected chi connectivity index (χ0v) is 29.6. The van der Waals surface area contributed by atoms with Crippen molar-refractivity contribution in [2.75, 3.05) is 4.90 Å². The van der Waals surface area contributed by atoms with E-state index in [0.29, 0.717) is 0 Å². The first-order valence-corrected chi connectivity index (χ1v) is 18.2. The van der Waals surface area contributed by atoms with Gasteiger partial charge in [-0.05, 0) is 90.7 Å². The van der Waals surface area contributed by atoms with Crippen molar-refractivity contribution in [3.8, 4) is 27.9 Å². The Kier molecular flexibility index (Phi) is 7.26. The number of para-hydroxylation sites is 5. The number of aromatic nitrogens is 1. The predicted molar refractivity (Wildman–Crippen MR) is 223 cm³/mol. The molecule has 0 N–H and O–H groups in total. The third kappa shape index (κ3) is 5.04. The Bertz CT molecular complexity index is 2930. The number of hydrogen-bond acceptors (Lipinski definition) is 2. The molecule has 2 aromatic heterocycles. The van der Waals surface area contributed by atoms with Gasteiger partial charge in [0.15, 0.2) is 0 Å². The van der Waals surface area contributed by atoms with Gasteiger partial charge in [-0.15, -0.1) is 0 Å². The molecule has 0 saturated heterocycles. The fourth-order valence-corrected chi connectivity index (χ4v) is 8.16. The van der Waals surface area contributed by atoms with Gasteiger partial charge in [-0.2, -0.15) is 0 Å². The zero-order valence-electron chi connectivity index (χ0n) is 29.6. The summed E-state index contributed by atoms with van der Waals surface area (Å²) in [6.45, 7) is 4.41. The highest BCUT2D eigenvalue weighted by atomic mass is 16.3. The lowest BCUT2D eigenvalue weighted by Crippen LogP contribution is -2.13. The third-order valence-electron chi connectivity index (χ3n) is 10.6. The Morgan fingerprint density at radius 3 is 1.81 bits per heavy atom. The maximum atomic E-state index is 6.82. The summed E-state index contributed by atoms with van der Waals surface area (Å²) in [5.41, 5.74) is 15.5. The second-order valence-electron chi connectivity index (χ2n) is 13.8. The van der Waals surface area contributed by atoms with Crippen LogP contribution >= 0.6 is 0 Å². The van der Waals surface area contributed by atoms with Crippen LogP contribution < -0.4 is 4.90 Å². The Morgan fingerprint density at radius 1 is 0.434 bits per heavy atom. The van der Waals surface area contributed by atoms with Crippen molar-refractivity contribution in [2.24, 2.45) is 0 Å². The van der Waals surface area contributed by atoms with Crippen molar-refractivity contribution in [2.45, 2.75) is 13.8 Å². The molecular weight excluding hydrogens is 645 g/mol. The van der Waals surface area contributed by atoms with Gasteiger partial charge in [0.05, 0.1) is 16.7 Å². The molecule has 0 saturated carbocycles. The van der Waals surface area contributed by atoms with E-state index in [-0.39, 0.29) is 0 Å². The number of fused-ring (bicyclic) bond motifs is 6. The predicted octanol–water partition coefficient (Wildman–Crippen LogP) is 14.1. The van der Waals surface area contributed by atoms with Gasteiger partial charge in [0.2, 0.25) is 0 Å². The second kappa shape index (κ2) is 12.4. The molecule has 0 spiro atoms. The van der Waals surface area contributed by atoms with Crippen molar-refractivity contribution in [1.82, 2.24) is 4.57 Å². The first-order valence-electron chi connectivity index (χ1n) is 18.2. The summed E-state index contributed by atoms with van der Waals surface area (Å²) in [4.78, 5) is 2.42. The fraction of sp³-hybridized carbons (Fsp3) is 0.0400. The summed E-state index contributed by atoms with van der Waals surface area (Å²) >= 11 is 0. The molecule has 252 valence electrons. The number of nitrogens with zero attached hydrogens (tertiary/aromatic N) is 2. The van der Waals surface area contributed by atoms with E-state index < -0.39 is 0 Å². The molecule has 53 heavy (non-hydrogen) atoms. The molecule has 0 atom stereocenters. The molecule has 0 unspecified atom stereocenters. The smallest absolute Gasteiger partial charge is 0.143 e. The normalized spacial score (nSPS) is 11.6. The molecule has 10 aromatic rings. The average molecular weight is 681 g/mol. The first-order chi connectivity index (χ1) is 26.1. The van der Waals surface area contributed by atoms with Gasteiger partial charge in [-0.25, -0.2) is 0 Å². The van der Waals surface area contributed by atoms with Crippen LogP contribution in [0.5, 0.6) is 0 Å². The molecule has 3 heteroatoms. The molecule has 0 aliphatic carbocycles. The Labute approximate surface area is 308 Å². The van der Waals surface area contributed by atoms with Crippen LogP contribution in [0.2, 0.25) is 0 Å². The molecule has 0 amide bonds. The first kappa shape index (κ1) is 30.9. The minimum atomic E-state index is 0.876. The van der Waals surface area contributed by atoms with Crippen LogP contribution in [0.25, 0.3) is 71.7 Å². The zero-order chi connectivity index (χ0) is 35.5. The van der Waals surface area contributed by atoms with Gasteiger partial charge in [0.1, 0.15) is 11.2 Å². The molecule has 8 aromatic carbocycles. The minimum absolute atomic E-state index is 0.876. The van der Waals surface area contributed by atoms with E-state index in [0.717, 1.165) is 55.8 Å². The summed E-state index contributed by atoms with van der Waals surface area (Å²) in [7, 11) is 0. The number of rotatable bonds is 6. The maximum Gasteiger partial charge on any atom is 0.143 e. The molecule has 0 fully saturated rings. The van der Waals surface area contributed by atoms with Crippen molar-refractivity contribution in [1.29, 1.82) is 0 Å². The number of benzene rings is 8. The average Bonchev–Trinajstić information content (AvgIpc) is 3.75. The van der Waals surface area contributed by atoms with E-state index in [9.17, 15) is 0 Å². The lowest BCUT2D eigenvalue weighted by molar-refractivity contribution is 0.670. The Hall–Kier alpha value is -6.84. The van der Waals surface area contributed by atoms with Crippen LogP contribution in [-0.2, 0) is 0 Å². The van der Waals surface area contributed by atoms with Crippen LogP contribution in [0.15, 0.2) is 186 Å². The van der Waals surface area contributed by atoms with Crippen molar-refractivity contribution >= 4 is 60.8 Å². The summed E-state index contributed by atoms with van der Waals surface area (Å²) in [6.07, 6.45) is 0. The lowest BCUT2D eigenvalue weighted by atomic mass is 9.97. The lowest BCUT2D eigenvalue weighted by Gasteiger charge is -2.29. The summed E-state index contributed by atoms with van der Waals surface area (Å²) in [6, 6.07) is 65.3. The van der Waals surface area contributed by atoms with Crippen LogP contribution in [0, 0.1) is 13.8 Å². The number of hydrogen-bond donors (Lipinski definition) is 0. The van der Waals surface area contributed by atoms with Crippen LogP contribution in [0.1, 0.15) is 11.1 Å². The Morgan fingerprint density at radius 2 is 1.06 bits per heavy atom. The molecule has 0 aliphatic rings. The van der Waals surface area contributed by atoms with E-state index in [2.05, 4.69) is 205 Å². The molecule has 10 rings (SSSR count). The van der Waals surface area contributed by atoms with Crippen molar-refractivity contribution in [3.63, 3.8) is 0 Å². The third-order valence-corrected chi connectivity index (χ3v) is 10.6. The highest BCUT2D eigenvalue weighted by Gasteiger charge is 2.24. The standard InChI is InChI=1S/C50H36N2O/c1-33-16-6-11-23-44(33)51(45-29-28-36(30-34(45)2)35-17-4-3-5-18-35)37-31-42(50-43(32-37)41-22-10-15-27-49(41)53-50)40-21-9-14-26-48(40)52-46-24-12-7-19-38(46)39-20-8-13-25-47(39)52/h3-32H,1-2H3. The van der Waals surface area contributed by atoms with Crippen molar-refractivity contribution in [3.05, 3.63) is 193 Å². The van der Waals surface area contributed by atoms with E-state index in [4.69, 9.17) is 4.42 Å². The minimum Gasteiger partial charge on any atom is -0.455 e. The van der Waals surface area contributed by atoms with E-state index >= 15 is 0 Å².